The van der Waals surface area contributed by atoms with Crippen LogP contribution < -0.4 is 30.4 Å². The second-order valence-electron chi connectivity index (χ2n) is 5.24. The van der Waals surface area contributed by atoms with Gasteiger partial charge in [-0.3, -0.25) is 0 Å². The predicted octanol–water partition coefficient (Wildman–Crippen LogP) is -0.629. The molecule has 4 aromatic carbocycles. The molecule has 25 heavy (non-hydrogen) atoms. The van der Waals surface area contributed by atoms with Crippen LogP contribution in [0.5, 0.6) is 11.5 Å². The molecule has 0 aliphatic heterocycles. The van der Waals surface area contributed by atoms with E-state index in [4.69, 9.17) is 5.63 Å². The summed E-state index contributed by atoms with van der Waals surface area (Å²) in [5.74, 6) is 1.82. The number of fused-ring (bicyclic) bond motifs is 2. The summed E-state index contributed by atoms with van der Waals surface area (Å²) in [5.41, 5.74) is 0. The average molecular weight is 448 g/mol. The summed E-state index contributed by atoms with van der Waals surface area (Å²) < 4.78 is 12.0. The summed E-state index contributed by atoms with van der Waals surface area (Å²) in [5, 5.41) is 4.65. The summed E-state index contributed by atoms with van der Waals surface area (Å²) in [6, 6.07) is 28.8. The van der Waals surface area contributed by atoms with Gasteiger partial charge in [-0.25, -0.2) is 0 Å². The first-order valence-corrected chi connectivity index (χ1v) is 9.47. The normalized spacial score (nSPS) is 9.60. The van der Waals surface area contributed by atoms with E-state index < -0.39 is 24.1 Å². The van der Waals surface area contributed by atoms with Gasteiger partial charge in [-0.1, -0.05) is 0 Å². The molecule has 0 unspecified atom stereocenters. The van der Waals surface area contributed by atoms with E-state index in [9.17, 15) is 0 Å². The number of benzene rings is 4. The average Bonchev–Trinajstić information content (AvgIpc) is 2.62. The van der Waals surface area contributed by atoms with Gasteiger partial charge in [-0.05, 0) is 0 Å². The first kappa shape index (κ1) is 19.8. The van der Waals surface area contributed by atoms with Crippen molar-refractivity contribution in [3.8, 4) is 11.5 Å². The summed E-state index contributed by atoms with van der Waals surface area (Å²) in [7, 11) is 0. The molecule has 0 heterocycles. The van der Waals surface area contributed by atoms with Crippen LogP contribution in [0.25, 0.3) is 21.5 Å². The van der Waals surface area contributed by atoms with E-state index in [-0.39, 0.29) is 24.8 Å². The van der Waals surface area contributed by atoms with E-state index in [1.54, 1.807) is 0 Å². The van der Waals surface area contributed by atoms with Gasteiger partial charge in [-0.15, -0.1) is 0 Å². The van der Waals surface area contributed by atoms with E-state index in [1.807, 2.05) is 48.5 Å². The van der Waals surface area contributed by atoms with Crippen molar-refractivity contribution in [1.82, 2.24) is 0 Å². The van der Waals surface area contributed by atoms with Crippen molar-refractivity contribution in [1.29, 1.82) is 0 Å². The molecule has 5 heteroatoms. The van der Waals surface area contributed by atoms with Crippen LogP contribution in [0.2, 0.25) is 0 Å². The van der Waals surface area contributed by atoms with Gasteiger partial charge >= 0.3 is 148 Å². The molecular weight excluding hydrogens is 434 g/mol. The van der Waals surface area contributed by atoms with Gasteiger partial charge in [0.1, 0.15) is 0 Å². The third kappa shape index (κ3) is 4.36. The van der Waals surface area contributed by atoms with E-state index in [0.717, 1.165) is 22.3 Å². The standard InChI is InChI=1S/2C10H8O.2ClH.Zr/c2*11-10-7-3-5-8-4-1-2-6-9(8)10;;;/h2*1-7,11H;2*1H;/q;;;;+4/p-4. The van der Waals surface area contributed by atoms with Crippen LogP contribution in [-0.2, 0) is 24.1 Å². The molecule has 0 atom stereocenters. The first-order chi connectivity index (χ1) is 11.4. The minimum absolute atomic E-state index is 0. The van der Waals surface area contributed by atoms with Crippen molar-refractivity contribution in [3.05, 3.63) is 84.9 Å². The van der Waals surface area contributed by atoms with Crippen LogP contribution in [-0.4, -0.2) is 0 Å². The zero-order valence-corrected chi connectivity index (χ0v) is 17.1. The van der Waals surface area contributed by atoms with Crippen molar-refractivity contribution in [3.63, 3.8) is 0 Å². The molecular formula is C20H14Cl2O2Zr. The van der Waals surface area contributed by atoms with Crippen molar-refractivity contribution in [2.75, 3.05) is 0 Å². The topological polar surface area (TPSA) is 18.5 Å². The Kier molecular flexibility index (Phi) is 7.31. The van der Waals surface area contributed by atoms with Gasteiger partial charge in [0.25, 0.3) is 0 Å². The molecule has 0 spiro atoms. The summed E-state index contributed by atoms with van der Waals surface area (Å²) >= 11 is -1.46. The van der Waals surface area contributed by atoms with E-state index in [2.05, 4.69) is 36.4 Å². The zero-order valence-electron chi connectivity index (χ0n) is 13.2. The second-order valence-corrected chi connectivity index (χ2v) is 6.66. The molecule has 2 nitrogen and oxygen atoms in total. The fourth-order valence-corrected chi connectivity index (χ4v) is 4.10. The van der Waals surface area contributed by atoms with Crippen LogP contribution >= 0.6 is 0 Å². The Morgan fingerprint density at radius 3 is 1.36 bits per heavy atom. The van der Waals surface area contributed by atoms with Crippen LogP contribution in [0.3, 0.4) is 0 Å². The molecule has 0 amide bonds. The SMILES string of the molecule is [Cl-].[Cl-].c1ccc2c([O][Zr+2][O]c3cccc4ccccc34)cccc2c1. The maximum absolute atomic E-state index is 6.02. The molecule has 4 aromatic rings. The summed E-state index contributed by atoms with van der Waals surface area (Å²) in [6.45, 7) is 0. The predicted molar refractivity (Wildman–Crippen MR) is 89.2 cm³/mol. The van der Waals surface area contributed by atoms with Crippen molar-refractivity contribution in [2.24, 2.45) is 0 Å². The van der Waals surface area contributed by atoms with Gasteiger partial charge in [0.2, 0.25) is 0 Å². The van der Waals surface area contributed by atoms with Gasteiger partial charge in [0.05, 0.1) is 0 Å². The minimum atomic E-state index is -1.46. The maximum atomic E-state index is 6.02. The molecule has 0 aliphatic rings. The number of halogens is 2. The van der Waals surface area contributed by atoms with E-state index >= 15 is 0 Å². The third-order valence-corrected chi connectivity index (χ3v) is 5.29. The monoisotopic (exact) mass is 446 g/mol. The van der Waals surface area contributed by atoms with Crippen molar-refractivity contribution in [2.45, 2.75) is 0 Å². The molecule has 124 valence electrons. The Balaban J connectivity index is 0.00000113. The zero-order chi connectivity index (χ0) is 15.5. The fourth-order valence-electron chi connectivity index (χ4n) is 2.68. The van der Waals surface area contributed by atoms with Crippen LogP contribution in [0, 0.1) is 0 Å². The van der Waals surface area contributed by atoms with Crippen molar-refractivity contribution >= 4 is 21.5 Å². The van der Waals surface area contributed by atoms with Crippen molar-refractivity contribution < 1.29 is 54.6 Å². The van der Waals surface area contributed by atoms with Crippen LogP contribution in [0.15, 0.2) is 84.9 Å². The molecule has 0 bridgehead atoms. The Bertz CT molecular complexity index is 886. The molecule has 0 aromatic heterocycles. The quantitative estimate of drug-likeness (QED) is 0.414. The van der Waals surface area contributed by atoms with Gasteiger partial charge in [0, 0.05) is 0 Å². The number of rotatable bonds is 4. The first-order valence-electron chi connectivity index (χ1n) is 7.46. The van der Waals surface area contributed by atoms with Crippen LogP contribution in [0.4, 0.5) is 0 Å². The van der Waals surface area contributed by atoms with Gasteiger partial charge < -0.3 is 24.8 Å². The van der Waals surface area contributed by atoms with Gasteiger partial charge in [0.15, 0.2) is 0 Å². The Morgan fingerprint density at radius 1 is 0.480 bits per heavy atom. The second kappa shape index (κ2) is 9.24. The number of hydrogen-bond donors (Lipinski definition) is 0. The molecule has 0 aliphatic carbocycles. The Hall–Kier alpha value is -1.54. The molecule has 0 N–H and O–H groups in total. The molecule has 4 rings (SSSR count). The fraction of sp³-hybridized carbons (Fsp3) is 0. The molecule has 0 fully saturated rings. The number of hydrogen-bond acceptors (Lipinski definition) is 2. The molecule has 0 saturated carbocycles. The Labute approximate surface area is 171 Å². The van der Waals surface area contributed by atoms with E-state index in [1.165, 1.54) is 10.8 Å². The summed E-state index contributed by atoms with van der Waals surface area (Å²) in [6.07, 6.45) is 0. The summed E-state index contributed by atoms with van der Waals surface area (Å²) in [4.78, 5) is 0. The van der Waals surface area contributed by atoms with Gasteiger partial charge in [-0.2, -0.15) is 0 Å². The van der Waals surface area contributed by atoms with Crippen LogP contribution in [0.1, 0.15) is 0 Å². The molecule has 0 saturated heterocycles. The molecule has 0 radical (unpaired) electrons. The third-order valence-electron chi connectivity index (χ3n) is 3.80. The Morgan fingerprint density at radius 2 is 0.880 bits per heavy atom. The van der Waals surface area contributed by atoms with E-state index in [0.29, 0.717) is 0 Å².